The van der Waals surface area contributed by atoms with Crippen molar-refractivity contribution in [1.82, 2.24) is 4.98 Å². The minimum absolute atomic E-state index is 0.0821. The Kier molecular flexibility index (Phi) is 2.07. The van der Waals surface area contributed by atoms with Crippen molar-refractivity contribution in [3.63, 3.8) is 0 Å². The fourth-order valence-corrected chi connectivity index (χ4v) is 2.32. The standard InChI is InChI=1S/C12H14ClN/c1-12(2,3)11-8-6-7-14-10(8)5-4-9(11)13/h4-7,14H,1-3H3. The van der Waals surface area contributed by atoms with Crippen LogP contribution >= 0.6 is 11.6 Å². The van der Waals surface area contributed by atoms with Crippen LogP contribution in [0.15, 0.2) is 24.4 Å². The lowest BCUT2D eigenvalue weighted by Gasteiger charge is -2.21. The van der Waals surface area contributed by atoms with Gasteiger partial charge in [-0.05, 0) is 29.2 Å². The smallest absolute Gasteiger partial charge is 0.0457 e. The predicted octanol–water partition coefficient (Wildman–Crippen LogP) is 4.12. The van der Waals surface area contributed by atoms with Gasteiger partial charge in [0.05, 0.1) is 0 Å². The lowest BCUT2D eigenvalue weighted by Crippen LogP contribution is -2.12. The number of nitrogens with one attached hydrogen (secondary N) is 1. The summed E-state index contributed by atoms with van der Waals surface area (Å²) in [6, 6.07) is 6.07. The van der Waals surface area contributed by atoms with Crippen LogP contribution in [0.25, 0.3) is 10.9 Å². The molecule has 0 spiro atoms. The molecule has 0 atom stereocenters. The summed E-state index contributed by atoms with van der Waals surface area (Å²) in [6.07, 6.45) is 1.95. The van der Waals surface area contributed by atoms with E-state index in [2.05, 4.69) is 31.8 Å². The van der Waals surface area contributed by atoms with Gasteiger partial charge >= 0.3 is 0 Å². The van der Waals surface area contributed by atoms with Crippen LogP contribution in [0.3, 0.4) is 0 Å². The van der Waals surface area contributed by atoms with Gasteiger partial charge in [0, 0.05) is 22.1 Å². The van der Waals surface area contributed by atoms with Gasteiger partial charge < -0.3 is 4.98 Å². The van der Waals surface area contributed by atoms with Crippen LogP contribution in [0.1, 0.15) is 26.3 Å². The van der Waals surface area contributed by atoms with E-state index in [1.165, 1.54) is 10.9 Å². The topological polar surface area (TPSA) is 15.8 Å². The SMILES string of the molecule is CC(C)(C)c1c(Cl)ccc2[nH]ccc12. The first-order valence-corrected chi connectivity index (χ1v) is 5.14. The molecule has 1 nitrogen and oxygen atoms in total. The summed E-state index contributed by atoms with van der Waals surface area (Å²) >= 11 is 6.23. The van der Waals surface area contributed by atoms with Crippen LogP contribution in [0.5, 0.6) is 0 Å². The van der Waals surface area contributed by atoms with Crippen LogP contribution in [0, 0.1) is 0 Å². The minimum atomic E-state index is 0.0821. The molecule has 1 aromatic carbocycles. The molecule has 0 fully saturated rings. The van der Waals surface area contributed by atoms with E-state index >= 15 is 0 Å². The molecule has 14 heavy (non-hydrogen) atoms. The van der Waals surface area contributed by atoms with Gasteiger partial charge in [-0.1, -0.05) is 32.4 Å². The van der Waals surface area contributed by atoms with Gasteiger partial charge in [0.15, 0.2) is 0 Å². The summed E-state index contributed by atoms with van der Waals surface area (Å²) < 4.78 is 0. The van der Waals surface area contributed by atoms with Gasteiger partial charge in [-0.2, -0.15) is 0 Å². The van der Waals surface area contributed by atoms with Crippen molar-refractivity contribution in [2.24, 2.45) is 0 Å². The number of hydrogen-bond donors (Lipinski definition) is 1. The van der Waals surface area contributed by atoms with E-state index in [0.29, 0.717) is 0 Å². The molecule has 2 rings (SSSR count). The first kappa shape index (κ1) is 9.60. The highest BCUT2D eigenvalue weighted by Gasteiger charge is 2.20. The molecule has 1 heterocycles. The number of hydrogen-bond acceptors (Lipinski definition) is 0. The van der Waals surface area contributed by atoms with E-state index in [9.17, 15) is 0 Å². The Morgan fingerprint density at radius 2 is 1.86 bits per heavy atom. The van der Waals surface area contributed by atoms with Crippen molar-refractivity contribution in [3.8, 4) is 0 Å². The number of H-pyrrole nitrogens is 1. The normalized spacial score (nSPS) is 12.3. The molecule has 1 aromatic heterocycles. The molecule has 2 heteroatoms. The maximum Gasteiger partial charge on any atom is 0.0457 e. The molecule has 0 aliphatic rings. The number of fused-ring (bicyclic) bond motifs is 1. The summed E-state index contributed by atoms with van der Waals surface area (Å²) in [5, 5.41) is 2.08. The zero-order chi connectivity index (χ0) is 10.3. The molecule has 1 N–H and O–H groups in total. The molecule has 74 valence electrons. The van der Waals surface area contributed by atoms with E-state index in [4.69, 9.17) is 11.6 Å². The second-order valence-electron chi connectivity index (χ2n) is 4.61. The third-order valence-electron chi connectivity index (χ3n) is 2.43. The van der Waals surface area contributed by atoms with Gasteiger partial charge in [-0.25, -0.2) is 0 Å². The molecule has 0 aliphatic heterocycles. The summed E-state index contributed by atoms with van der Waals surface area (Å²) in [4.78, 5) is 3.20. The second-order valence-corrected chi connectivity index (χ2v) is 5.02. The molecule has 0 bridgehead atoms. The molecular formula is C12H14ClN. The Morgan fingerprint density at radius 1 is 1.14 bits per heavy atom. The van der Waals surface area contributed by atoms with Crippen LogP contribution in [-0.4, -0.2) is 4.98 Å². The molecule has 0 aliphatic carbocycles. The first-order chi connectivity index (χ1) is 6.50. The Labute approximate surface area is 89.1 Å². The largest absolute Gasteiger partial charge is 0.361 e. The van der Waals surface area contributed by atoms with Crippen molar-refractivity contribution in [2.75, 3.05) is 0 Å². The molecule has 0 radical (unpaired) electrons. The highest BCUT2D eigenvalue weighted by molar-refractivity contribution is 6.32. The predicted molar refractivity (Wildman–Crippen MR) is 62.0 cm³/mol. The third-order valence-corrected chi connectivity index (χ3v) is 2.75. The van der Waals surface area contributed by atoms with E-state index in [1.54, 1.807) is 0 Å². The quantitative estimate of drug-likeness (QED) is 0.669. The van der Waals surface area contributed by atoms with E-state index in [0.717, 1.165) is 10.5 Å². The van der Waals surface area contributed by atoms with Crippen molar-refractivity contribution in [2.45, 2.75) is 26.2 Å². The highest BCUT2D eigenvalue weighted by Crippen LogP contribution is 2.35. The average Bonchev–Trinajstić information content (AvgIpc) is 2.48. The number of halogens is 1. The van der Waals surface area contributed by atoms with Crippen LogP contribution in [-0.2, 0) is 5.41 Å². The van der Waals surface area contributed by atoms with Crippen LogP contribution < -0.4 is 0 Å². The van der Waals surface area contributed by atoms with Crippen molar-refractivity contribution in [3.05, 3.63) is 35.0 Å². The molecule has 0 saturated heterocycles. The Morgan fingerprint density at radius 3 is 2.50 bits per heavy atom. The fraction of sp³-hybridized carbons (Fsp3) is 0.333. The fourth-order valence-electron chi connectivity index (χ4n) is 1.87. The monoisotopic (exact) mass is 207 g/mol. The van der Waals surface area contributed by atoms with Gasteiger partial charge in [-0.15, -0.1) is 0 Å². The minimum Gasteiger partial charge on any atom is -0.361 e. The van der Waals surface area contributed by atoms with Crippen molar-refractivity contribution >= 4 is 22.5 Å². The maximum atomic E-state index is 6.23. The van der Waals surface area contributed by atoms with Crippen molar-refractivity contribution < 1.29 is 0 Å². The summed E-state index contributed by atoms with van der Waals surface area (Å²) in [6.45, 7) is 6.54. The zero-order valence-corrected chi connectivity index (χ0v) is 9.44. The first-order valence-electron chi connectivity index (χ1n) is 4.76. The molecular weight excluding hydrogens is 194 g/mol. The van der Waals surface area contributed by atoms with E-state index in [-0.39, 0.29) is 5.41 Å². The van der Waals surface area contributed by atoms with Gasteiger partial charge in [0.1, 0.15) is 0 Å². The Bertz CT molecular complexity index is 463. The third kappa shape index (κ3) is 1.42. The van der Waals surface area contributed by atoms with E-state index in [1.807, 2.05) is 18.3 Å². The zero-order valence-electron chi connectivity index (χ0n) is 8.69. The summed E-state index contributed by atoms with van der Waals surface area (Å²) in [5.74, 6) is 0. The van der Waals surface area contributed by atoms with Crippen LogP contribution in [0.2, 0.25) is 5.02 Å². The number of benzene rings is 1. The van der Waals surface area contributed by atoms with Crippen molar-refractivity contribution in [1.29, 1.82) is 0 Å². The lowest BCUT2D eigenvalue weighted by atomic mass is 9.85. The number of rotatable bonds is 0. The second kappa shape index (κ2) is 3.03. The van der Waals surface area contributed by atoms with Gasteiger partial charge in [-0.3, -0.25) is 0 Å². The van der Waals surface area contributed by atoms with Crippen LogP contribution in [0.4, 0.5) is 0 Å². The number of aromatic amines is 1. The maximum absolute atomic E-state index is 6.23. The Balaban J connectivity index is 2.83. The molecule has 0 amide bonds. The average molecular weight is 208 g/mol. The Hall–Kier alpha value is -0.950. The molecule has 0 saturated carbocycles. The summed E-state index contributed by atoms with van der Waals surface area (Å²) in [5.41, 5.74) is 2.45. The molecule has 2 aromatic rings. The number of aromatic nitrogens is 1. The van der Waals surface area contributed by atoms with Gasteiger partial charge in [0.2, 0.25) is 0 Å². The van der Waals surface area contributed by atoms with Gasteiger partial charge in [0.25, 0.3) is 0 Å². The summed E-state index contributed by atoms with van der Waals surface area (Å²) in [7, 11) is 0. The lowest BCUT2D eigenvalue weighted by molar-refractivity contribution is 0.596. The highest BCUT2D eigenvalue weighted by atomic mass is 35.5. The molecule has 0 unspecified atom stereocenters. The van der Waals surface area contributed by atoms with E-state index < -0.39 is 0 Å².